The van der Waals surface area contributed by atoms with Gasteiger partial charge in [0.1, 0.15) is 0 Å². The number of benzene rings is 1. The van der Waals surface area contributed by atoms with E-state index in [4.69, 9.17) is 0 Å². The molecule has 0 fully saturated rings. The molecular weight excluding hydrogens is 305 g/mol. The Kier molecular flexibility index (Phi) is 6.18. The Bertz CT molecular complexity index is 559. The normalized spacial score (nSPS) is 14.1. The van der Waals surface area contributed by atoms with Gasteiger partial charge >= 0.3 is 6.18 Å². The van der Waals surface area contributed by atoms with Gasteiger partial charge in [0.15, 0.2) is 0 Å². The lowest BCUT2D eigenvalue weighted by Gasteiger charge is -2.19. The highest BCUT2D eigenvalue weighted by Crippen LogP contribution is 2.34. The first-order valence-corrected chi connectivity index (χ1v) is 8.34. The molecule has 1 aromatic carbocycles. The molecule has 0 amide bonds. The van der Waals surface area contributed by atoms with Crippen LogP contribution >= 0.6 is 0 Å². The van der Waals surface area contributed by atoms with Crippen molar-refractivity contribution in [3.05, 3.63) is 35.4 Å². The minimum Gasteiger partial charge on any atom is -0.310 e. The minimum atomic E-state index is -4.38. The molecule has 0 bridgehead atoms. The first-order chi connectivity index (χ1) is 9.61. The Morgan fingerprint density at radius 3 is 2.38 bits per heavy atom. The van der Waals surface area contributed by atoms with E-state index in [9.17, 15) is 21.6 Å². The zero-order chi connectivity index (χ0) is 16.1. The van der Waals surface area contributed by atoms with Gasteiger partial charge in [-0.3, -0.25) is 0 Å². The SMILES string of the molecule is CC(NCCCNS(C)(=O)=O)c1ccccc1C(F)(F)F. The fourth-order valence-corrected chi connectivity index (χ4v) is 2.42. The van der Waals surface area contributed by atoms with Gasteiger partial charge in [0.25, 0.3) is 0 Å². The monoisotopic (exact) mass is 324 g/mol. The van der Waals surface area contributed by atoms with Crippen LogP contribution in [0.5, 0.6) is 0 Å². The Hall–Kier alpha value is -1.12. The molecule has 0 radical (unpaired) electrons. The van der Waals surface area contributed by atoms with Crippen LogP contribution in [-0.2, 0) is 16.2 Å². The van der Waals surface area contributed by atoms with E-state index in [0.29, 0.717) is 13.0 Å². The molecule has 0 heterocycles. The molecule has 21 heavy (non-hydrogen) atoms. The predicted octanol–water partition coefficient (Wildman–Crippen LogP) is 2.30. The number of sulfonamides is 1. The van der Waals surface area contributed by atoms with E-state index >= 15 is 0 Å². The first-order valence-electron chi connectivity index (χ1n) is 6.45. The summed E-state index contributed by atoms with van der Waals surface area (Å²) in [4.78, 5) is 0. The van der Waals surface area contributed by atoms with Crippen LogP contribution in [-0.4, -0.2) is 27.8 Å². The van der Waals surface area contributed by atoms with Crippen molar-refractivity contribution in [1.82, 2.24) is 10.0 Å². The lowest BCUT2D eigenvalue weighted by molar-refractivity contribution is -0.138. The Balaban J connectivity index is 2.55. The molecule has 0 aromatic heterocycles. The van der Waals surface area contributed by atoms with Gasteiger partial charge in [-0.05, 0) is 31.5 Å². The van der Waals surface area contributed by atoms with Crippen molar-refractivity contribution in [2.24, 2.45) is 0 Å². The van der Waals surface area contributed by atoms with Crippen LogP contribution in [0.4, 0.5) is 13.2 Å². The maximum Gasteiger partial charge on any atom is 0.416 e. The van der Waals surface area contributed by atoms with Crippen LogP contribution in [0.1, 0.15) is 30.5 Å². The second kappa shape index (κ2) is 7.24. The number of nitrogens with one attached hydrogen (secondary N) is 2. The van der Waals surface area contributed by atoms with Crippen LogP contribution in [0.2, 0.25) is 0 Å². The number of halogens is 3. The maximum absolute atomic E-state index is 12.9. The average molecular weight is 324 g/mol. The molecule has 120 valence electrons. The summed E-state index contributed by atoms with van der Waals surface area (Å²) in [5, 5.41) is 2.96. The highest BCUT2D eigenvalue weighted by molar-refractivity contribution is 7.88. The van der Waals surface area contributed by atoms with Crippen molar-refractivity contribution >= 4 is 10.0 Å². The lowest BCUT2D eigenvalue weighted by Crippen LogP contribution is -2.28. The summed E-state index contributed by atoms with van der Waals surface area (Å²) in [6.07, 6.45) is -2.83. The van der Waals surface area contributed by atoms with Gasteiger partial charge in [-0.15, -0.1) is 0 Å². The van der Waals surface area contributed by atoms with E-state index < -0.39 is 27.8 Å². The Labute approximate surface area is 122 Å². The molecule has 0 aliphatic rings. The van der Waals surface area contributed by atoms with Crippen molar-refractivity contribution in [3.8, 4) is 0 Å². The van der Waals surface area contributed by atoms with Crippen molar-refractivity contribution < 1.29 is 21.6 Å². The second-order valence-electron chi connectivity index (χ2n) is 4.78. The van der Waals surface area contributed by atoms with Gasteiger partial charge in [-0.1, -0.05) is 18.2 Å². The summed E-state index contributed by atoms with van der Waals surface area (Å²) in [5.74, 6) is 0. The first kappa shape index (κ1) is 17.9. The summed E-state index contributed by atoms with van der Waals surface area (Å²) in [6.45, 7) is 2.31. The Morgan fingerprint density at radius 2 is 1.81 bits per heavy atom. The van der Waals surface area contributed by atoms with Crippen molar-refractivity contribution in [1.29, 1.82) is 0 Å². The minimum absolute atomic E-state index is 0.182. The summed E-state index contributed by atoms with van der Waals surface area (Å²) in [5.41, 5.74) is -0.472. The van der Waals surface area contributed by atoms with Gasteiger partial charge in [0, 0.05) is 12.6 Å². The summed E-state index contributed by atoms with van der Waals surface area (Å²) < 4.78 is 62.7. The maximum atomic E-state index is 12.9. The molecule has 1 rings (SSSR count). The summed E-state index contributed by atoms with van der Waals surface area (Å²) in [7, 11) is -3.23. The molecule has 4 nitrogen and oxygen atoms in total. The molecule has 8 heteroatoms. The van der Waals surface area contributed by atoms with E-state index in [0.717, 1.165) is 12.3 Å². The standard InChI is InChI=1S/C13H19F3N2O2S/c1-10(17-8-5-9-18-21(2,19)20)11-6-3-4-7-12(11)13(14,15)16/h3-4,6-7,10,17-18H,5,8-9H2,1-2H3. The third-order valence-electron chi connectivity index (χ3n) is 2.90. The smallest absolute Gasteiger partial charge is 0.310 e. The Morgan fingerprint density at radius 1 is 1.19 bits per heavy atom. The van der Waals surface area contributed by atoms with Crippen molar-refractivity contribution in [3.63, 3.8) is 0 Å². The molecule has 0 saturated heterocycles. The second-order valence-corrected chi connectivity index (χ2v) is 6.61. The third kappa shape index (κ3) is 6.45. The number of rotatable bonds is 7. The molecule has 0 saturated carbocycles. The van der Waals surface area contributed by atoms with Crippen LogP contribution in [0.15, 0.2) is 24.3 Å². The molecule has 0 aliphatic heterocycles. The van der Waals surface area contributed by atoms with E-state index in [1.807, 2.05) is 0 Å². The number of hydrogen-bond acceptors (Lipinski definition) is 3. The molecule has 0 spiro atoms. The van der Waals surface area contributed by atoms with Crippen LogP contribution in [0.25, 0.3) is 0 Å². The van der Waals surface area contributed by atoms with Gasteiger partial charge in [0.05, 0.1) is 11.8 Å². The molecule has 1 unspecified atom stereocenters. The molecule has 1 atom stereocenters. The van der Waals surface area contributed by atoms with Crippen LogP contribution in [0.3, 0.4) is 0 Å². The van der Waals surface area contributed by atoms with Gasteiger partial charge in [0.2, 0.25) is 10.0 Å². The zero-order valence-corrected chi connectivity index (χ0v) is 12.7. The number of hydrogen-bond donors (Lipinski definition) is 2. The molecule has 2 N–H and O–H groups in total. The highest BCUT2D eigenvalue weighted by atomic mass is 32.2. The van der Waals surface area contributed by atoms with Gasteiger partial charge in [-0.2, -0.15) is 13.2 Å². The lowest BCUT2D eigenvalue weighted by atomic mass is 10.0. The average Bonchev–Trinajstić information content (AvgIpc) is 2.35. The third-order valence-corrected chi connectivity index (χ3v) is 3.63. The van der Waals surface area contributed by atoms with E-state index in [2.05, 4.69) is 10.0 Å². The van der Waals surface area contributed by atoms with E-state index in [-0.39, 0.29) is 12.1 Å². The largest absolute Gasteiger partial charge is 0.416 e. The van der Waals surface area contributed by atoms with E-state index in [1.54, 1.807) is 13.0 Å². The number of alkyl halides is 3. The van der Waals surface area contributed by atoms with Crippen molar-refractivity contribution in [2.75, 3.05) is 19.3 Å². The molecule has 0 aliphatic carbocycles. The fraction of sp³-hybridized carbons (Fsp3) is 0.538. The predicted molar refractivity (Wildman–Crippen MR) is 75.3 cm³/mol. The molecule has 1 aromatic rings. The summed E-state index contributed by atoms with van der Waals surface area (Å²) >= 11 is 0. The van der Waals surface area contributed by atoms with Crippen molar-refractivity contribution in [2.45, 2.75) is 25.6 Å². The van der Waals surface area contributed by atoms with Gasteiger partial charge < -0.3 is 5.32 Å². The highest BCUT2D eigenvalue weighted by Gasteiger charge is 2.33. The van der Waals surface area contributed by atoms with Crippen LogP contribution in [0, 0.1) is 0 Å². The summed E-state index contributed by atoms with van der Waals surface area (Å²) in [6, 6.07) is 4.94. The fourth-order valence-electron chi connectivity index (χ4n) is 1.91. The quantitative estimate of drug-likeness (QED) is 0.757. The van der Waals surface area contributed by atoms with Crippen LogP contribution < -0.4 is 10.0 Å². The van der Waals surface area contributed by atoms with Gasteiger partial charge in [-0.25, -0.2) is 13.1 Å². The van der Waals surface area contributed by atoms with E-state index in [1.165, 1.54) is 12.1 Å². The zero-order valence-electron chi connectivity index (χ0n) is 11.9. The topological polar surface area (TPSA) is 58.2 Å². The molecular formula is C13H19F3N2O2S.